The van der Waals surface area contributed by atoms with Gasteiger partial charge in [0, 0.05) is 0 Å². The Hall–Kier alpha value is -0.500. The van der Waals surface area contributed by atoms with Crippen molar-refractivity contribution in [3.05, 3.63) is 50.6 Å². The molecule has 0 aliphatic heterocycles. The highest BCUT2D eigenvalue weighted by atomic mass is 35.5. The van der Waals surface area contributed by atoms with E-state index in [2.05, 4.69) is 26.3 Å². The van der Waals surface area contributed by atoms with Crippen LogP contribution in [0.5, 0.6) is 0 Å². The van der Waals surface area contributed by atoms with Crippen LogP contribution in [0.1, 0.15) is 0 Å². The number of rotatable bonds is 8. The number of hydrogen-bond donors (Lipinski definition) is 0. The zero-order chi connectivity index (χ0) is 11.8. The van der Waals surface area contributed by atoms with E-state index in [1.54, 1.807) is 24.3 Å². The Kier molecular flexibility index (Phi) is 7.49. The van der Waals surface area contributed by atoms with E-state index in [1.807, 2.05) is 0 Å². The number of hydrogen-bond acceptors (Lipinski definition) is 1. The van der Waals surface area contributed by atoms with Gasteiger partial charge in [-0.1, -0.05) is 24.3 Å². The van der Waals surface area contributed by atoms with Crippen molar-refractivity contribution in [3.8, 4) is 0 Å². The monoisotopic (exact) mass is 246 g/mol. The fourth-order valence-electron chi connectivity index (χ4n) is 0.971. The minimum Gasteiger partial charge on any atom is -0.363 e. The van der Waals surface area contributed by atoms with Gasteiger partial charge in [-0.05, 0) is 0 Å². The molecule has 0 amide bonds. The standard InChI is InChI=1S/C12H16Cl2O/c1-5-9(13)11(7-3)15-12(8-4)10(14)6-2/h5-12H,1-4H2. The molecule has 0 radical (unpaired) electrons. The first-order valence-corrected chi connectivity index (χ1v) is 5.41. The molecule has 0 heterocycles. The van der Waals surface area contributed by atoms with Crippen molar-refractivity contribution < 1.29 is 4.74 Å². The van der Waals surface area contributed by atoms with Gasteiger partial charge in [-0.2, -0.15) is 0 Å². The second-order valence-corrected chi connectivity index (χ2v) is 3.90. The molecule has 0 spiro atoms. The SMILES string of the molecule is C=CC(Cl)C(C=C)OC(C=C)C(Cl)C=C. The van der Waals surface area contributed by atoms with Gasteiger partial charge in [0.05, 0.1) is 23.0 Å². The summed E-state index contributed by atoms with van der Waals surface area (Å²) in [4.78, 5) is 0. The molecule has 1 nitrogen and oxygen atoms in total. The maximum atomic E-state index is 5.96. The summed E-state index contributed by atoms with van der Waals surface area (Å²) in [6, 6.07) is 0. The number of alkyl halides is 2. The van der Waals surface area contributed by atoms with E-state index in [-0.39, 0.29) is 23.0 Å². The van der Waals surface area contributed by atoms with Crippen LogP contribution in [0, 0.1) is 0 Å². The summed E-state index contributed by atoms with van der Waals surface area (Å²) in [6.07, 6.45) is 5.73. The lowest BCUT2D eigenvalue weighted by Crippen LogP contribution is -2.30. The first-order valence-electron chi connectivity index (χ1n) is 4.54. The zero-order valence-electron chi connectivity index (χ0n) is 8.61. The van der Waals surface area contributed by atoms with E-state index < -0.39 is 0 Å². The molecular weight excluding hydrogens is 231 g/mol. The lowest BCUT2D eigenvalue weighted by molar-refractivity contribution is 0.0491. The van der Waals surface area contributed by atoms with E-state index in [0.717, 1.165) is 0 Å². The second kappa shape index (κ2) is 7.75. The van der Waals surface area contributed by atoms with E-state index in [0.29, 0.717) is 0 Å². The van der Waals surface area contributed by atoms with Gasteiger partial charge >= 0.3 is 0 Å². The third-order valence-electron chi connectivity index (χ3n) is 1.86. The predicted molar refractivity (Wildman–Crippen MR) is 68.7 cm³/mol. The first-order chi connectivity index (χ1) is 7.10. The Morgan fingerprint density at radius 1 is 0.733 bits per heavy atom. The molecule has 3 heteroatoms. The molecular formula is C12H16Cl2O. The molecule has 84 valence electrons. The fourth-order valence-corrected chi connectivity index (χ4v) is 1.30. The molecule has 0 saturated carbocycles. The lowest BCUT2D eigenvalue weighted by Gasteiger charge is -2.24. The van der Waals surface area contributed by atoms with Crippen molar-refractivity contribution in [1.82, 2.24) is 0 Å². The molecule has 0 saturated heterocycles. The summed E-state index contributed by atoms with van der Waals surface area (Å²) in [5, 5.41) is -0.669. The van der Waals surface area contributed by atoms with Crippen molar-refractivity contribution >= 4 is 23.2 Å². The Bertz CT molecular complexity index is 214. The van der Waals surface area contributed by atoms with Crippen molar-refractivity contribution in [2.24, 2.45) is 0 Å². The van der Waals surface area contributed by atoms with Gasteiger partial charge in [-0.3, -0.25) is 0 Å². The maximum absolute atomic E-state index is 5.96. The molecule has 0 aliphatic rings. The summed E-state index contributed by atoms with van der Waals surface area (Å²) in [5.41, 5.74) is 0. The lowest BCUT2D eigenvalue weighted by atomic mass is 10.2. The number of halogens is 2. The van der Waals surface area contributed by atoms with Crippen LogP contribution in [-0.4, -0.2) is 23.0 Å². The molecule has 0 aromatic rings. The second-order valence-electron chi connectivity index (χ2n) is 2.90. The Morgan fingerprint density at radius 3 is 1.27 bits per heavy atom. The molecule has 4 atom stereocenters. The minimum atomic E-state index is -0.339. The Morgan fingerprint density at radius 2 is 1.07 bits per heavy atom. The van der Waals surface area contributed by atoms with E-state index in [1.165, 1.54) is 0 Å². The summed E-state index contributed by atoms with van der Waals surface area (Å²) in [5.74, 6) is 0. The van der Waals surface area contributed by atoms with Crippen molar-refractivity contribution in [1.29, 1.82) is 0 Å². The van der Waals surface area contributed by atoms with Gasteiger partial charge in [-0.25, -0.2) is 0 Å². The molecule has 0 N–H and O–H groups in total. The van der Waals surface area contributed by atoms with Crippen LogP contribution in [0.3, 0.4) is 0 Å². The normalized spacial score (nSPS) is 18.3. The third kappa shape index (κ3) is 4.70. The van der Waals surface area contributed by atoms with Crippen LogP contribution < -0.4 is 0 Å². The van der Waals surface area contributed by atoms with E-state index in [9.17, 15) is 0 Å². The topological polar surface area (TPSA) is 9.23 Å². The van der Waals surface area contributed by atoms with Gasteiger partial charge in [0.15, 0.2) is 0 Å². The first kappa shape index (κ1) is 14.5. The van der Waals surface area contributed by atoms with Crippen LogP contribution in [0.25, 0.3) is 0 Å². The minimum absolute atomic E-state index is 0.335. The van der Waals surface area contributed by atoms with Crippen molar-refractivity contribution in [2.75, 3.05) is 0 Å². The van der Waals surface area contributed by atoms with Gasteiger partial charge in [0.1, 0.15) is 0 Å². The smallest absolute Gasteiger partial charge is 0.0960 e. The Labute approximate surface area is 102 Å². The summed E-state index contributed by atoms with van der Waals surface area (Å²) >= 11 is 11.9. The van der Waals surface area contributed by atoms with Crippen LogP contribution >= 0.6 is 23.2 Å². The van der Waals surface area contributed by atoms with E-state index >= 15 is 0 Å². The fraction of sp³-hybridized carbons (Fsp3) is 0.333. The van der Waals surface area contributed by atoms with Crippen molar-refractivity contribution in [3.63, 3.8) is 0 Å². The Balaban J connectivity index is 4.48. The molecule has 15 heavy (non-hydrogen) atoms. The highest BCUT2D eigenvalue weighted by Gasteiger charge is 2.21. The maximum Gasteiger partial charge on any atom is 0.0960 e. The van der Waals surface area contributed by atoms with Gasteiger partial charge in [0.2, 0.25) is 0 Å². The molecule has 0 aromatic heterocycles. The summed E-state index contributed by atoms with van der Waals surface area (Å²) < 4.78 is 5.61. The largest absolute Gasteiger partial charge is 0.363 e. The highest BCUT2D eigenvalue weighted by molar-refractivity contribution is 6.22. The van der Waals surface area contributed by atoms with Crippen molar-refractivity contribution in [2.45, 2.75) is 23.0 Å². The third-order valence-corrected chi connectivity index (χ3v) is 2.71. The van der Waals surface area contributed by atoms with Crippen LogP contribution in [0.15, 0.2) is 50.6 Å². The summed E-state index contributed by atoms with van der Waals surface area (Å²) in [7, 11) is 0. The molecule has 0 fully saturated rings. The molecule has 4 unspecified atom stereocenters. The molecule has 0 rings (SSSR count). The molecule has 0 bridgehead atoms. The van der Waals surface area contributed by atoms with Gasteiger partial charge in [-0.15, -0.1) is 49.5 Å². The van der Waals surface area contributed by atoms with Crippen LogP contribution in [-0.2, 0) is 4.74 Å². The average molecular weight is 247 g/mol. The zero-order valence-corrected chi connectivity index (χ0v) is 10.1. The van der Waals surface area contributed by atoms with Gasteiger partial charge in [0.25, 0.3) is 0 Å². The predicted octanol–water partition coefficient (Wildman–Crippen LogP) is 3.70. The molecule has 0 aromatic carbocycles. The van der Waals surface area contributed by atoms with E-state index in [4.69, 9.17) is 27.9 Å². The van der Waals surface area contributed by atoms with Gasteiger partial charge < -0.3 is 4.74 Å². The summed E-state index contributed by atoms with van der Waals surface area (Å²) in [6.45, 7) is 14.5. The average Bonchev–Trinajstić information content (AvgIpc) is 2.28. The van der Waals surface area contributed by atoms with Crippen LogP contribution in [0.4, 0.5) is 0 Å². The number of ether oxygens (including phenoxy) is 1. The highest BCUT2D eigenvalue weighted by Crippen LogP contribution is 2.17. The molecule has 0 aliphatic carbocycles. The quantitative estimate of drug-likeness (QED) is 0.469. The van der Waals surface area contributed by atoms with Crippen LogP contribution in [0.2, 0.25) is 0 Å².